The minimum Gasteiger partial charge on any atom is -0.397 e. The normalized spacial score (nSPS) is 19.7. The van der Waals surface area contributed by atoms with Crippen molar-refractivity contribution in [1.29, 1.82) is 0 Å². The van der Waals surface area contributed by atoms with Gasteiger partial charge in [0.25, 0.3) is 0 Å². The van der Waals surface area contributed by atoms with Crippen LogP contribution in [0.5, 0.6) is 0 Å². The lowest BCUT2D eigenvalue weighted by atomic mass is 9.96. The summed E-state index contributed by atoms with van der Waals surface area (Å²) in [7, 11) is 1.70. The highest BCUT2D eigenvalue weighted by molar-refractivity contribution is 5.80. The van der Waals surface area contributed by atoms with E-state index in [4.69, 9.17) is 5.73 Å². The van der Waals surface area contributed by atoms with Crippen LogP contribution in [0.3, 0.4) is 0 Å². The Hall–Kier alpha value is -1.71. The van der Waals surface area contributed by atoms with E-state index in [9.17, 15) is 4.79 Å². The second-order valence-corrected chi connectivity index (χ2v) is 4.96. The van der Waals surface area contributed by atoms with Crippen LogP contribution in [0.2, 0.25) is 0 Å². The second kappa shape index (κ2) is 5.29. The molecule has 1 aromatic carbocycles. The number of rotatable bonds is 2. The highest BCUT2D eigenvalue weighted by Crippen LogP contribution is 2.29. The molecule has 1 aliphatic rings. The summed E-state index contributed by atoms with van der Waals surface area (Å²) in [5.41, 5.74) is 9.08. The lowest BCUT2D eigenvalue weighted by molar-refractivity contribution is -0.124. The fraction of sp³-hybridized carbons (Fsp3) is 0.500. The first-order valence-electron chi connectivity index (χ1n) is 6.44. The molecule has 1 aliphatic heterocycles. The monoisotopic (exact) mass is 247 g/mol. The molecular formula is C14H21N3O. The first-order valence-corrected chi connectivity index (χ1v) is 6.44. The summed E-state index contributed by atoms with van der Waals surface area (Å²) < 4.78 is 0. The lowest BCUT2D eigenvalue weighted by Gasteiger charge is -2.34. The Kier molecular flexibility index (Phi) is 3.75. The number of nitrogen functional groups attached to an aromatic ring is 1. The Balaban J connectivity index is 2.18. The zero-order valence-electron chi connectivity index (χ0n) is 11.1. The number of amides is 1. The molecule has 1 unspecified atom stereocenters. The van der Waals surface area contributed by atoms with Gasteiger partial charge in [0.15, 0.2) is 0 Å². The number of hydrogen-bond acceptors (Lipinski definition) is 3. The van der Waals surface area contributed by atoms with Gasteiger partial charge < -0.3 is 16.0 Å². The van der Waals surface area contributed by atoms with Gasteiger partial charge in [-0.1, -0.05) is 6.07 Å². The molecule has 0 bridgehead atoms. The number of piperidine rings is 1. The summed E-state index contributed by atoms with van der Waals surface area (Å²) in [6.45, 7) is 3.79. The maximum atomic E-state index is 11.7. The zero-order chi connectivity index (χ0) is 13.1. The average molecular weight is 247 g/mol. The highest BCUT2D eigenvalue weighted by atomic mass is 16.1. The van der Waals surface area contributed by atoms with E-state index in [2.05, 4.69) is 23.2 Å². The van der Waals surface area contributed by atoms with Crippen molar-refractivity contribution in [2.24, 2.45) is 5.92 Å². The molecule has 0 aliphatic carbocycles. The van der Waals surface area contributed by atoms with E-state index in [1.54, 1.807) is 7.05 Å². The number of nitrogens with zero attached hydrogens (tertiary/aromatic N) is 1. The van der Waals surface area contributed by atoms with E-state index in [0.717, 1.165) is 37.3 Å². The van der Waals surface area contributed by atoms with Gasteiger partial charge in [-0.3, -0.25) is 4.79 Å². The third-order valence-corrected chi connectivity index (χ3v) is 3.57. The van der Waals surface area contributed by atoms with Crippen molar-refractivity contribution >= 4 is 17.3 Å². The van der Waals surface area contributed by atoms with Gasteiger partial charge in [-0.2, -0.15) is 0 Å². The van der Waals surface area contributed by atoms with Gasteiger partial charge in [0.1, 0.15) is 0 Å². The second-order valence-electron chi connectivity index (χ2n) is 4.96. The molecule has 1 heterocycles. The van der Waals surface area contributed by atoms with Gasteiger partial charge in [0.05, 0.1) is 17.3 Å². The first kappa shape index (κ1) is 12.7. The molecule has 2 rings (SSSR count). The molecule has 4 heteroatoms. The van der Waals surface area contributed by atoms with Crippen molar-refractivity contribution in [2.45, 2.75) is 19.8 Å². The molecule has 0 radical (unpaired) electrons. The quantitative estimate of drug-likeness (QED) is 0.779. The Morgan fingerprint density at radius 2 is 2.28 bits per heavy atom. The van der Waals surface area contributed by atoms with E-state index < -0.39 is 0 Å². The molecule has 98 valence electrons. The van der Waals surface area contributed by atoms with Crippen molar-refractivity contribution in [3.05, 3.63) is 23.8 Å². The predicted molar refractivity (Wildman–Crippen MR) is 74.6 cm³/mol. The number of carbonyl (C=O) groups is 1. The molecule has 18 heavy (non-hydrogen) atoms. The summed E-state index contributed by atoms with van der Waals surface area (Å²) in [6.07, 6.45) is 1.99. The van der Waals surface area contributed by atoms with E-state index in [1.165, 1.54) is 5.56 Å². The van der Waals surface area contributed by atoms with Crippen LogP contribution in [-0.2, 0) is 4.79 Å². The van der Waals surface area contributed by atoms with Crippen LogP contribution >= 0.6 is 0 Å². The number of nitrogens with two attached hydrogens (primary N) is 1. The third kappa shape index (κ3) is 2.58. The van der Waals surface area contributed by atoms with Crippen LogP contribution < -0.4 is 16.0 Å². The van der Waals surface area contributed by atoms with Gasteiger partial charge >= 0.3 is 0 Å². The van der Waals surface area contributed by atoms with Crippen LogP contribution in [0.15, 0.2) is 18.2 Å². The standard InChI is InChI=1S/C14H21N3O/c1-10-5-6-12(15)13(8-10)17-7-3-4-11(9-17)14(18)16-2/h5-6,8,11H,3-4,7,9,15H2,1-2H3,(H,16,18). The maximum Gasteiger partial charge on any atom is 0.224 e. The number of anilines is 2. The Bertz CT molecular complexity index is 445. The Morgan fingerprint density at radius 3 is 3.00 bits per heavy atom. The molecule has 4 nitrogen and oxygen atoms in total. The fourth-order valence-corrected chi connectivity index (χ4v) is 2.54. The number of hydrogen-bond donors (Lipinski definition) is 2. The topological polar surface area (TPSA) is 58.4 Å². The fourth-order valence-electron chi connectivity index (χ4n) is 2.54. The van der Waals surface area contributed by atoms with Crippen LogP contribution in [0.25, 0.3) is 0 Å². The molecule has 0 spiro atoms. The maximum absolute atomic E-state index is 11.7. The molecule has 0 aromatic heterocycles. The van der Waals surface area contributed by atoms with E-state index >= 15 is 0 Å². The van der Waals surface area contributed by atoms with Gasteiger partial charge in [0, 0.05) is 20.1 Å². The van der Waals surface area contributed by atoms with Gasteiger partial charge in [0.2, 0.25) is 5.91 Å². The van der Waals surface area contributed by atoms with Crippen molar-refractivity contribution in [2.75, 3.05) is 30.8 Å². The molecule has 1 aromatic rings. The summed E-state index contributed by atoms with van der Waals surface area (Å²) in [5, 5.41) is 2.74. The largest absolute Gasteiger partial charge is 0.397 e. The van der Waals surface area contributed by atoms with Gasteiger partial charge in [-0.25, -0.2) is 0 Å². The molecular weight excluding hydrogens is 226 g/mol. The summed E-state index contributed by atoms with van der Waals surface area (Å²) in [4.78, 5) is 14.0. The van der Waals surface area contributed by atoms with Gasteiger partial charge in [-0.05, 0) is 37.5 Å². The molecule has 1 saturated heterocycles. The highest BCUT2D eigenvalue weighted by Gasteiger charge is 2.25. The first-order chi connectivity index (χ1) is 8.61. The number of benzene rings is 1. The van der Waals surface area contributed by atoms with Crippen molar-refractivity contribution in [3.63, 3.8) is 0 Å². The van der Waals surface area contributed by atoms with Gasteiger partial charge in [-0.15, -0.1) is 0 Å². The SMILES string of the molecule is CNC(=O)C1CCCN(c2cc(C)ccc2N)C1. The summed E-state index contributed by atoms with van der Waals surface area (Å²) in [6, 6.07) is 6.05. The van der Waals surface area contributed by atoms with Crippen LogP contribution in [0.4, 0.5) is 11.4 Å². The smallest absolute Gasteiger partial charge is 0.224 e. The number of nitrogens with one attached hydrogen (secondary N) is 1. The number of carbonyl (C=O) groups excluding carboxylic acids is 1. The van der Waals surface area contributed by atoms with E-state index in [-0.39, 0.29) is 11.8 Å². The minimum absolute atomic E-state index is 0.0728. The van der Waals surface area contributed by atoms with E-state index in [0.29, 0.717) is 0 Å². The zero-order valence-corrected chi connectivity index (χ0v) is 11.1. The Labute approximate surface area is 108 Å². The summed E-state index contributed by atoms with van der Waals surface area (Å²) >= 11 is 0. The molecule has 0 saturated carbocycles. The van der Waals surface area contributed by atoms with Crippen molar-refractivity contribution in [3.8, 4) is 0 Å². The van der Waals surface area contributed by atoms with Crippen LogP contribution in [0.1, 0.15) is 18.4 Å². The summed E-state index contributed by atoms with van der Waals surface area (Å²) in [5.74, 6) is 0.203. The predicted octanol–water partition coefficient (Wildman–Crippen LogP) is 1.54. The van der Waals surface area contributed by atoms with Crippen LogP contribution in [0, 0.1) is 12.8 Å². The Morgan fingerprint density at radius 1 is 1.50 bits per heavy atom. The molecule has 1 fully saturated rings. The molecule has 1 atom stereocenters. The molecule has 1 amide bonds. The average Bonchev–Trinajstić information content (AvgIpc) is 2.40. The third-order valence-electron chi connectivity index (χ3n) is 3.57. The van der Waals surface area contributed by atoms with Crippen LogP contribution in [-0.4, -0.2) is 26.0 Å². The number of aryl methyl sites for hydroxylation is 1. The lowest BCUT2D eigenvalue weighted by Crippen LogP contribution is -2.42. The van der Waals surface area contributed by atoms with Crippen molar-refractivity contribution in [1.82, 2.24) is 5.32 Å². The van der Waals surface area contributed by atoms with E-state index in [1.807, 2.05) is 12.1 Å². The van der Waals surface area contributed by atoms with Crippen molar-refractivity contribution < 1.29 is 4.79 Å². The molecule has 3 N–H and O–H groups in total. The minimum atomic E-state index is 0.0728.